The number of hydrogen-bond acceptors (Lipinski definition) is 3. The molecule has 0 radical (unpaired) electrons. The Balaban J connectivity index is 4.47. The van der Waals surface area contributed by atoms with Crippen LogP contribution in [0.4, 0.5) is 0 Å². The zero-order chi connectivity index (χ0) is 11.4. The monoisotopic (exact) mass is 218 g/mol. The van der Waals surface area contributed by atoms with Gasteiger partial charge in [-0.3, -0.25) is 4.79 Å². The Labute approximate surface area is 90.2 Å². The highest BCUT2D eigenvalue weighted by molar-refractivity contribution is 7.80. The molecule has 0 aliphatic heterocycles. The smallest absolute Gasteiger partial charge is 0.249 e. The summed E-state index contributed by atoms with van der Waals surface area (Å²) in [6.45, 7) is 5.39. The van der Waals surface area contributed by atoms with Crippen LogP contribution in [0.1, 0.15) is 27.2 Å². The maximum atomic E-state index is 11.5. The van der Waals surface area contributed by atoms with Gasteiger partial charge in [-0.15, -0.1) is 0 Å². The lowest BCUT2D eigenvalue weighted by atomic mass is 9.98. The van der Waals surface area contributed by atoms with Crippen molar-refractivity contribution in [2.24, 2.45) is 5.73 Å². The molecular formula is C9H18N2O2S. The first-order chi connectivity index (χ1) is 6.37. The molecular weight excluding hydrogens is 200 g/mol. The summed E-state index contributed by atoms with van der Waals surface area (Å²) < 4.78 is 4.89. The molecule has 82 valence electrons. The van der Waals surface area contributed by atoms with E-state index in [2.05, 4.69) is 5.32 Å². The molecule has 0 heterocycles. The summed E-state index contributed by atoms with van der Waals surface area (Å²) in [6, 6.07) is 0. The minimum Gasteiger partial charge on any atom is -0.391 e. The molecule has 0 spiro atoms. The van der Waals surface area contributed by atoms with Crippen molar-refractivity contribution in [2.75, 3.05) is 7.11 Å². The number of nitrogens with two attached hydrogens (primary N) is 1. The van der Waals surface area contributed by atoms with Crippen molar-refractivity contribution in [1.82, 2.24) is 5.32 Å². The standard InChI is InChI=1S/C9H18N2O2S/c1-5-9(3,8(10)14)11-7(12)6(2)13-4/h6H,5H2,1-4H3,(H2,10,14)(H,11,12). The molecule has 3 N–H and O–H groups in total. The summed E-state index contributed by atoms with van der Waals surface area (Å²) in [7, 11) is 1.48. The molecule has 2 atom stereocenters. The quantitative estimate of drug-likeness (QED) is 0.663. The van der Waals surface area contributed by atoms with E-state index in [0.717, 1.165) is 0 Å². The Kier molecular flexibility index (Phi) is 5.01. The molecule has 0 aliphatic carbocycles. The number of rotatable bonds is 5. The molecule has 0 saturated carbocycles. The van der Waals surface area contributed by atoms with Crippen LogP contribution in [0.15, 0.2) is 0 Å². The number of hydrogen-bond donors (Lipinski definition) is 2. The first-order valence-corrected chi connectivity index (χ1v) is 4.93. The molecule has 0 aromatic heterocycles. The number of carbonyl (C=O) groups excluding carboxylic acids is 1. The Morgan fingerprint density at radius 3 is 2.50 bits per heavy atom. The van der Waals surface area contributed by atoms with Crippen molar-refractivity contribution in [1.29, 1.82) is 0 Å². The first kappa shape index (κ1) is 13.3. The van der Waals surface area contributed by atoms with Crippen LogP contribution in [0.2, 0.25) is 0 Å². The van der Waals surface area contributed by atoms with E-state index < -0.39 is 11.6 Å². The van der Waals surface area contributed by atoms with Gasteiger partial charge < -0.3 is 15.8 Å². The lowest BCUT2D eigenvalue weighted by molar-refractivity contribution is -0.131. The summed E-state index contributed by atoms with van der Waals surface area (Å²) in [5, 5.41) is 2.76. The van der Waals surface area contributed by atoms with Crippen LogP contribution < -0.4 is 11.1 Å². The molecule has 0 rings (SSSR count). The van der Waals surface area contributed by atoms with Crippen LogP contribution in [0.25, 0.3) is 0 Å². The third-order valence-corrected chi connectivity index (χ3v) is 2.82. The lowest BCUT2D eigenvalue weighted by Gasteiger charge is -2.29. The highest BCUT2D eigenvalue weighted by Crippen LogP contribution is 2.10. The Bertz CT molecular complexity index is 233. The average Bonchev–Trinajstić information content (AvgIpc) is 2.15. The minimum absolute atomic E-state index is 0.204. The summed E-state index contributed by atoms with van der Waals surface area (Å²) in [5.41, 5.74) is 4.92. The maximum Gasteiger partial charge on any atom is 0.249 e. The predicted molar refractivity (Wildman–Crippen MR) is 60.1 cm³/mol. The third-order valence-electron chi connectivity index (χ3n) is 2.37. The topological polar surface area (TPSA) is 64.3 Å². The zero-order valence-electron chi connectivity index (χ0n) is 9.09. The summed E-state index contributed by atoms with van der Waals surface area (Å²) in [6.07, 6.45) is 0.167. The Morgan fingerprint density at radius 2 is 2.21 bits per heavy atom. The van der Waals surface area contributed by atoms with Crippen LogP contribution in [-0.4, -0.2) is 29.6 Å². The molecule has 14 heavy (non-hydrogen) atoms. The van der Waals surface area contributed by atoms with E-state index >= 15 is 0 Å². The molecule has 0 aliphatic rings. The summed E-state index contributed by atoms with van der Waals surface area (Å²) in [5.74, 6) is -0.204. The van der Waals surface area contributed by atoms with E-state index in [-0.39, 0.29) is 10.9 Å². The number of ether oxygens (including phenoxy) is 1. The van der Waals surface area contributed by atoms with Crippen LogP contribution >= 0.6 is 12.2 Å². The van der Waals surface area contributed by atoms with Gasteiger partial charge in [-0.2, -0.15) is 0 Å². The van der Waals surface area contributed by atoms with Crippen molar-refractivity contribution in [3.63, 3.8) is 0 Å². The molecule has 0 saturated heterocycles. The highest BCUT2D eigenvalue weighted by Gasteiger charge is 2.29. The van der Waals surface area contributed by atoms with Crippen molar-refractivity contribution >= 4 is 23.1 Å². The Hall–Kier alpha value is -0.680. The van der Waals surface area contributed by atoms with E-state index in [0.29, 0.717) is 6.42 Å². The molecule has 2 unspecified atom stereocenters. The van der Waals surface area contributed by atoms with Gasteiger partial charge in [0, 0.05) is 7.11 Å². The predicted octanol–water partition coefficient (Wildman–Crippen LogP) is 0.592. The van der Waals surface area contributed by atoms with Crippen LogP contribution in [-0.2, 0) is 9.53 Å². The number of nitrogens with one attached hydrogen (secondary N) is 1. The number of carbonyl (C=O) groups is 1. The Morgan fingerprint density at radius 1 is 1.71 bits per heavy atom. The zero-order valence-corrected chi connectivity index (χ0v) is 9.90. The fourth-order valence-corrected chi connectivity index (χ4v) is 1.00. The van der Waals surface area contributed by atoms with Crippen LogP contribution in [0, 0.1) is 0 Å². The van der Waals surface area contributed by atoms with Gasteiger partial charge in [-0.25, -0.2) is 0 Å². The van der Waals surface area contributed by atoms with Gasteiger partial charge in [0.05, 0.1) is 10.5 Å². The second-order valence-corrected chi connectivity index (χ2v) is 3.86. The van der Waals surface area contributed by atoms with Gasteiger partial charge in [0.25, 0.3) is 0 Å². The highest BCUT2D eigenvalue weighted by atomic mass is 32.1. The fourth-order valence-electron chi connectivity index (χ4n) is 0.805. The van der Waals surface area contributed by atoms with Gasteiger partial charge in [-0.05, 0) is 20.3 Å². The van der Waals surface area contributed by atoms with E-state index in [1.54, 1.807) is 13.8 Å². The SMILES string of the molecule is CCC(C)(NC(=O)C(C)OC)C(N)=S. The lowest BCUT2D eigenvalue weighted by Crippen LogP contribution is -2.56. The second kappa shape index (κ2) is 5.26. The molecule has 0 aromatic rings. The van der Waals surface area contributed by atoms with Gasteiger partial charge in [0.1, 0.15) is 6.10 Å². The minimum atomic E-state index is -0.626. The normalized spacial score (nSPS) is 16.9. The number of thiocarbonyl (C=S) groups is 1. The number of amides is 1. The van der Waals surface area contributed by atoms with E-state index in [4.69, 9.17) is 22.7 Å². The molecule has 5 heteroatoms. The van der Waals surface area contributed by atoms with Gasteiger partial charge in [0.15, 0.2) is 0 Å². The molecule has 0 bridgehead atoms. The molecule has 0 fully saturated rings. The van der Waals surface area contributed by atoms with E-state index in [1.165, 1.54) is 7.11 Å². The maximum absolute atomic E-state index is 11.5. The van der Waals surface area contributed by atoms with Gasteiger partial charge >= 0.3 is 0 Å². The van der Waals surface area contributed by atoms with Crippen LogP contribution in [0.3, 0.4) is 0 Å². The molecule has 1 amide bonds. The van der Waals surface area contributed by atoms with E-state index in [1.807, 2.05) is 6.92 Å². The second-order valence-electron chi connectivity index (χ2n) is 3.42. The van der Waals surface area contributed by atoms with Crippen molar-refractivity contribution in [3.8, 4) is 0 Å². The fraction of sp³-hybridized carbons (Fsp3) is 0.778. The molecule has 4 nitrogen and oxygen atoms in total. The van der Waals surface area contributed by atoms with Crippen molar-refractivity contribution < 1.29 is 9.53 Å². The molecule has 0 aromatic carbocycles. The van der Waals surface area contributed by atoms with Crippen molar-refractivity contribution in [2.45, 2.75) is 38.8 Å². The van der Waals surface area contributed by atoms with Gasteiger partial charge in [0.2, 0.25) is 5.91 Å². The van der Waals surface area contributed by atoms with Crippen LogP contribution in [0.5, 0.6) is 0 Å². The third kappa shape index (κ3) is 3.23. The summed E-state index contributed by atoms with van der Waals surface area (Å²) in [4.78, 5) is 11.8. The van der Waals surface area contributed by atoms with Gasteiger partial charge in [-0.1, -0.05) is 19.1 Å². The summed E-state index contributed by atoms with van der Waals surface area (Å²) >= 11 is 4.89. The van der Waals surface area contributed by atoms with E-state index in [9.17, 15) is 4.79 Å². The average molecular weight is 218 g/mol. The van der Waals surface area contributed by atoms with Crippen molar-refractivity contribution in [3.05, 3.63) is 0 Å². The first-order valence-electron chi connectivity index (χ1n) is 4.52. The number of methoxy groups -OCH3 is 1. The largest absolute Gasteiger partial charge is 0.391 e.